The molecule has 1 heterocycles. The highest BCUT2D eigenvalue weighted by Gasteiger charge is 2.17. The van der Waals surface area contributed by atoms with Crippen LogP contribution >= 0.6 is 0 Å². The van der Waals surface area contributed by atoms with Crippen LogP contribution < -0.4 is 5.73 Å². The Labute approximate surface area is 106 Å². The molecule has 4 heteroatoms. The molecular formula is C14H18FN3. The Bertz CT molecular complexity index is 546. The van der Waals surface area contributed by atoms with E-state index in [-0.39, 0.29) is 17.8 Å². The number of benzene rings is 1. The summed E-state index contributed by atoms with van der Waals surface area (Å²) in [5.74, 6) is 0.00382. The topological polar surface area (TPSA) is 43.8 Å². The molecule has 0 spiro atoms. The first-order valence-corrected chi connectivity index (χ1v) is 6.05. The number of nitrogens with two attached hydrogens (primary N) is 1. The summed E-state index contributed by atoms with van der Waals surface area (Å²) in [6.07, 6.45) is 3.31. The van der Waals surface area contributed by atoms with Gasteiger partial charge in [0.25, 0.3) is 0 Å². The van der Waals surface area contributed by atoms with Crippen LogP contribution in [0.4, 0.5) is 4.39 Å². The molecule has 1 atom stereocenters. The third kappa shape index (κ3) is 2.29. The SMILES string of the molecule is Cc1ccc(F)c(-n2cncc2C(N)C(C)C)c1. The maximum Gasteiger partial charge on any atom is 0.147 e. The highest BCUT2D eigenvalue weighted by atomic mass is 19.1. The molecule has 1 unspecified atom stereocenters. The fourth-order valence-electron chi connectivity index (χ4n) is 1.90. The van der Waals surface area contributed by atoms with E-state index in [1.54, 1.807) is 29.2 Å². The summed E-state index contributed by atoms with van der Waals surface area (Å²) >= 11 is 0. The van der Waals surface area contributed by atoms with Crippen molar-refractivity contribution in [3.63, 3.8) is 0 Å². The van der Waals surface area contributed by atoms with Crippen molar-refractivity contribution in [3.8, 4) is 5.69 Å². The maximum absolute atomic E-state index is 13.9. The smallest absolute Gasteiger partial charge is 0.147 e. The molecule has 0 amide bonds. The largest absolute Gasteiger partial charge is 0.322 e. The number of nitrogens with zero attached hydrogens (tertiary/aromatic N) is 2. The van der Waals surface area contributed by atoms with Crippen LogP contribution in [0.25, 0.3) is 5.69 Å². The highest BCUT2D eigenvalue weighted by Crippen LogP contribution is 2.23. The fraction of sp³-hybridized carbons (Fsp3) is 0.357. The fourth-order valence-corrected chi connectivity index (χ4v) is 1.90. The molecule has 2 aromatic rings. The van der Waals surface area contributed by atoms with Crippen molar-refractivity contribution in [1.82, 2.24) is 9.55 Å². The average molecular weight is 247 g/mol. The summed E-state index contributed by atoms with van der Waals surface area (Å²) in [5.41, 5.74) is 8.46. The number of aromatic nitrogens is 2. The van der Waals surface area contributed by atoms with Crippen LogP contribution in [0.3, 0.4) is 0 Å². The zero-order valence-electron chi connectivity index (χ0n) is 10.9. The first-order valence-electron chi connectivity index (χ1n) is 6.05. The van der Waals surface area contributed by atoms with Gasteiger partial charge in [-0.3, -0.25) is 4.57 Å². The van der Waals surface area contributed by atoms with Crippen molar-refractivity contribution in [2.75, 3.05) is 0 Å². The lowest BCUT2D eigenvalue weighted by Crippen LogP contribution is -2.20. The van der Waals surface area contributed by atoms with Crippen LogP contribution in [0.1, 0.15) is 31.1 Å². The van der Waals surface area contributed by atoms with Crippen LogP contribution in [0.15, 0.2) is 30.7 Å². The monoisotopic (exact) mass is 247 g/mol. The van der Waals surface area contributed by atoms with E-state index in [4.69, 9.17) is 5.73 Å². The molecule has 0 saturated heterocycles. The molecule has 0 bridgehead atoms. The Morgan fingerprint density at radius 3 is 2.72 bits per heavy atom. The highest BCUT2D eigenvalue weighted by molar-refractivity contribution is 5.39. The average Bonchev–Trinajstić information content (AvgIpc) is 2.80. The molecular weight excluding hydrogens is 229 g/mol. The Hall–Kier alpha value is -1.68. The van der Waals surface area contributed by atoms with Crippen molar-refractivity contribution in [3.05, 3.63) is 47.8 Å². The van der Waals surface area contributed by atoms with Crippen LogP contribution in [0, 0.1) is 18.7 Å². The Kier molecular flexibility index (Phi) is 3.48. The zero-order chi connectivity index (χ0) is 13.3. The van der Waals surface area contributed by atoms with Crippen molar-refractivity contribution in [1.29, 1.82) is 0 Å². The lowest BCUT2D eigenvalue weighted by atomic mass is 10.0. The number of hydrogen-bond acceptors (Lipinski definition) is 2. The van der Waals surface area contributed by atoms with E-state index in [0.29, 0.717) is 5.69 Å². The van der Waals surface area contributed by atoms with Gasteiger partial charge < -0.3 is 5.73 Å². The Morgan fingerprint density at radius 2 is 2.06 bits per heavy atom. The molecule has 2 rings (SSSR count). The summed E-state index contributed by atoms with van der Waals surface area (Å²) in [5, 5.41) is 0. The van der Waals surface area contributed by atoms with Gasteiger partial charge in [-0.05, 0) is 30.5 Å². The number of rotatable bonds is 3. The van der Waals surface area contributed by atoms with E-state index < -0.39 is 0 Å². The minimum Gasteiger partial charge on any atom is -0.322 e. The molecule has 18 heavy (non-hydrogen) atoms. The van der Waals surface area contributed by atoms with Gasteiger partial charge in [0.1, 0.15) is 5.82 Å². The molecule has 0 saturated carbocycles. The number of halogens is 1. The maximum atomic E-state index is 13.9. The molecule has 96 valence electrons. The zero-order valence-corrected chi connectivity index (χ0v) is 10.9. The minimum atomic E-state index is -0.268. The first kappa shape index (κ1) is 12.8. The standard InChI is InChI=1S/C14H18FN3/c1-9(2)14(16)13-7-17-8-18(13)12-6-10(3)4-5-11(12)15/h4-9,14H,16H2,1-3H3. The van der Waals surface area contributed by atoms with Gasteiger partial charge in [0.15, 0.2) is 0 Å². The Balaban J connectivity index is 2.52. The van der Waals surface area contributed by atoms with Gasteiger partial charge >= 0.3 is 0 Å². The molecule has 1 aromatic carbocycles. The van der Waals surface area contributed by atoms with Crippen LogP contribution in [-0.2, 0) is 0 Å². The van der Waals surface area contributed by atoms with Crippen LogP contribution in [0.2, 0.25) is 0 Å². The van der Waals surface area contributed by atoms with E-state index in [9.17, 15) is 4.39 Å². The lowest BCUT2D eigenvalue weighted by molar-refractivity contribution is 0.494. The summed E-state index contributed by atoms with van der Waals surface area (Å²) in [4.78, 5) is 4.09. The second kappa shape index (κ2) is 4.90. The lowest BCUT2D eigenvalue weighted by Gasteiger charge is -2.18. The van der Waals surface area contributed by atoms with Gasteiger partial charge in [-0.2, -0.15) is 0 Å². The number of imidazole rings is 1. The van der Waals surface area contributed by atoms with Crippen molar-refractivity contribution < 1.29 is 4.39 Å². The van der Waals surface area contributed by atoms with E-state index in [0.717, 1.165) is 11.3 Å². The van der Waals surface area contributed by atoms with E-state index in [1.165, 1.54) is 6.07 Å². The third-order valence-corrected chi connectivity index (χ3v) is 3.09. The molecule has 0 aliphatic carbocycles. The van der Waals surface area contributed by atoms with Crippen molar-refractivity contribution >= 4 is 0 Å². The predicted octanol–water partition coefficient (Wildman–Crippen LogP) is 2.98. The van der Waals surface area contributed by atoms with E-state index in [1.807, 2.05) is 20.8 Å². The molecule has 2 N–H and O–H groups in total. The summed E-state index contributed by atoms with van der Waals surface area (Å²) < 4.78 is 15.6. The second-order valence-electron chi connectivity index (χ2n) is 4.91. The van der Waals surface area contributed by atoms with Crippen molar-refractivity contribution in [2.45, 2.75) is 26.8 Å². The number of aryl methyl sites for hydroxylation is 1. The van der Waals surface area contributed by atoms with Gasteiger partial charge in [0.05, 0.1) is 23.9 Å². The molecule has 0 aliphatic rings. The predicted molar refractivity (Wildman–Crippen MR) is 70.0 cm³/mol. The quantitative estimate of drug-likeness (QED) is 0.906. The van der Waals surface area contributed by atoms with E-state index >= 15 is 0 Å². The number of hydrogen-bond donors (Lipinski definition) is 1. The Morgan fingerprint density at radius 1 is 1.33 bits per heavy atom. The molecule has 1 aromatic heterocycles. The molecule has 0 fully saturated rings. The van der Waals surface area contributed by atoms with Gasteiger partial charge in [-0.15, -0.1) is 0 Å². The van der Waals surface area contributed by atoms with E-state index in [2.05, 4.69) is 4.98 Å². The first-order chi connectivity index (χ1) is 8.50. The van der Waals surface area contributed by atoms with Gasteiger partial charge in [-0.25, -0.2) is 9.37 Å². The molecule has 3 nitrogen and oxygen atoms in total. The van der Waals surface area contributed by atoms with Crippen LogP contribution in [-0.4, -0.2) is 9.55 Å². The summed E-state index contributed by atoms with van der Waals surface area (Å²) in [7, 11) is 0. The van der Waals surface area contributed by atoms with Crippen molar-refractivity contribution in [2.24, 2.45) is 11.7 Å². The van der Waals surface area contributed by atoms with Crippen LogP contribution in [0.5, 0.6) is 0 Å². The minimum absolute atomic E-state index is 0.160. The molecule has 0 aliphatic heterocycles. The second-order valence-corrected chi connectivity index (χ2v) is 4.91. The summed E-state index contributed by atoms with van der Waals surface area (Å²) in [6, 6.07) is 4.85. The normalized spacial score (nSPS) is 13.0. The summed E-state index contributed by atoms with van der Waals surface area (Å²) in [6.45, 7) is 6.01. The van der Waals surface area contributed by atoms with Gasteiger partial charge in [0, 0.05) is 6.04 Å². The van der Waals surface area contributed by atoms with Gasteiger partial charge in [-0.1, -0.05) is 19.9 Å². The molecule has 0 radical (unpaired) electrons. The third-order valence-electron chi connectivity index (χ3n) is 3.09. The van der Waals surface area contributed by atoms with Gasteiger partial charge in [0.2, 0.25) is 0 Å².